The Morgan fingerprint density at radius 1 is 0.397 bits per heavy atom. The number of pyridine rings is 1. The number of nitrogens with zero attached hydrogens (tertiary/aromatic N) is 3. The van der Waals surface area contributed by atoms with Crippen molar-refractivity contribution in [1.82, 2.24) is 14.1 Å². The van der Waals surface area contributed by atoms with Gasteiger partial charge in [0.15, 0.2) is 5.58 Å². The normalized spacial score (nSPS) is 12.1. The topological polar surface area (TPSA) is 49.0 Å². The van der Waals surface area contributed by atoms with Crippen LogP contribution in [0.3, 0.4) is 0 Å². The molecule has 0 N–H and O–H groups in total. The van der Waals surface area contributed by atoms with Gasteiger partial charge >= 0.3 is 0 Å². The highest BCUT2D eigenvalue weighted by atomic mass is 16.3. The molecule has 5 heteroatoms. The van der Waals surface area contributed by atoms with E-state index in [4.69, 9.17) is 13.8 Å². The lowest BCUT2D eigenvalue weighted by Gasteiger charge is -2.15. The van der Waals surface area contributed by atoms with Crippen molar-refractivity contribution in [3.05, 3.63) is 188 Å². The minimum Gasteiger partial charge on any atom is -0.456 e. The van der Waals surface area contributed by atoms with Crippen LogP contribution in [-0.4, -0.2) is 14.1 Å². The largest absolute Gasteiger partial charge is 0.456 e. The summed E-state index contributed by atoms with van der Waals surface area (Å²) >= 11 is 0. The summed E-state index contributed by atoms with van der Waals surface area (Å²) < 4.78 is 17.6. The number of furan rings is 2. The number of benzene rings is 8. The van der Waals surface area contributed by atoms with Gasteiger partial charge in [-0.3, -0.25) is 4.98 Å². The van der Waals surface area contributed by atoms with Crippen LogP contribution in [0.5, 0.6) is 0 Å². The van der Waals surface area contributed by atoms with Crippen LogP contribution in [0.1, 0.15) is 0 Å². The Morgan fingerprint density at radius 3 is 1.88 bits per heavy atom. The molecule has 0 aliphatic carbocycles. The third-order valence-electron chi connectivity index (χ3n) is 12.0. The van der Waals surface area contributed by atoms with Crippen molar-refractivity contribution < 1.29 is 8.83 Å². The van der Waals surface area contributed by atoms with Crippen LogP contribution in [-0.2, 0) is 0 Å². The SMILES string of the molecule is c1ccc(-c2ccc3c(c2-c2cnc4c5ccccc5n(-c5cccc6c5oc5ccccc56)c4c2)c2ccccc2n3-c2ccc3oc4ccccc4c3c2)cc1. The zero-order chi connectivity index (χ0) is 37.9. The first-order valence-electron chi connectivity index (χ1n) is 19.6. The molecule has 58 heavy (non-hydrogen) atoms. The Morgan fingerprint density at radius 2 is 1.05 bits per heavy atom. The van der Waals surface area contributed by atoms with Gasteiger partial charge in [-0.2, -0.15) is 0 Å². The van der Waals surface area contributed by atoms with Crippen molar-refractivity contribution in [3.8, 4) is 33.6 Å². The Balaban J connectivity index is 1.14. The molecule has 0 atom stereocenters. The fourth-order valence-corrected chi connectivity index (χ4v) is 9.48. The monoisotopic (exact) mass is 741 g/mol. The summed E-state index contributed by atoms with van der Waals surface area (Å²) in [6.07, 6.45) is 2.07. The van der Waals surface area contributed by atoms with Gasteiger partial charge in [-0.15, -0.1) is 0 Å². The van der Waals surface area contributed by atoms with E-state index in [9.17, 15) is 0 Å². The summed E-state index contributed by atoms with van der Waals surface area (Å²) in [5.41, 5.74) is 15.3. The lowest BCUT2D eigenvalue weighted by molar-refractivity contribution is 0.666. The fraction of sp³-hybridized carbons (Fsp3) is 0. The second kappa shape index (κ2) is 11.8. The highest BCUT2D eigenvalue weighted by Crippen LogP contribution is 2.46. The Hall–Kier alpha value is -7.89. The van der Waals surface area contributed by atoms with Crippen LogP contribution in [0.2, 0.25) is 0 Å². The predicted octanol–water partition coefficient (Wildman–Crippen LogP) is 14.4. The molecule has 0 aliphatic rings. The van der Waals surface area contributed by atoms with Crippen molar-refractivity contribution in [2.24, 2.45) is 0 Å². The molecule has 0 amide bonds. The highest BCUT2D eigenvalue weighted by molar-refractivity contribution is 6.20. The quantitative estimate of drug-likeness (QED) is 0.180. The third-order valence-corrected chi connectivity index (χ3v) is 12.0. The second-order valence-electron chi connectivity index (χ2n) is 15.1. The molecule has 13 rings (SSSR count). The molecule has 270 valence electrons. The van der Waals surface area contributed by atoms with Gasteiger partial charge in [-0.1, -0.05) is 121 Å². The van der Waals surface area contributed by atoms with E-state index >= 15 is 0 Å². The molecular formula is C53H31N3O2. The zero-order valence-corrected chi connectivity index (χ0v) is 31.1. The first kappa shape index (κ1) is 31.3. The number of hydrogen-bond donors (Lipinski definition) is 0. The molecule has 13 aromatic rings. The molecule has 8 aromatic carbocycles. The van der Waals surface area contributed by atoms with Crippen LogP contribution in [0.4, 0.5) is 0 Å². The summed E-state index contributed by atoms with van der Waals surface area (Å²) in [6.45, 7) is 0. The van der Waals surface area contributed by atoms with E-state index in [1.54, 1.807) is 0 Å². The Bertz CT molecular complexity index is 3810. The van der Waals surface area contributed by atoms with Gasteiger partial charge in [0.2, 0.25) is 0 Å². The molecule has 0 aliphatic heterocycles. The van der Waals surface area contributed by atoms with Crippen LogP contribution in [0, 0.1) is 0 Å². The van der Waals surface area contributed by atoms with E-state index in [1.165, 1.54) is 10.8 Å². The molecule has 0 bridgehead atoms. The zero-order valence-electron chi connectivity index (χ0n) is 31.1. The number of aromatic nitrogens is 3. The minimum absolute atomic E-state index is 0.856. The fourth-order valence-electron chi connectivity index (χ4n) is 9.48. The summed E-state index contributed by atoms with van der Waals surface area (Å²) in [6, 6.07) is 64.4. The molecule has 5 nitrogen and oxygen atoms in total. The average Bonchev–Trinajstić information content (AvgIpc) is 4.04. The van der Waals surface area contributed by atoms with Crippen molar-refractivity contribution in [2.45, 2.75) is 0 Å². The summed E-state index contributed by atoms with van der Waals surface area (Å²) in [5.74, 6) is 0. The van der Waals surface area contributed by atoms with E-state index in [0.717, 1.165) is 110 Å². The molecule has 0 radical (unpaired) electrons. The van der Waals surface area contributed by atoms with E-state index < -0.39 is 0 Å². The smallest absolute Gasteiger partial charge is 0.159 e. The molecule has 5 heterocycles. The maximum Gasteiger partial charge on any atom is 0.159 e. The van der Waals surface area contributed by atoms with Crippen LogP contribution in [0.25, 0.3) is 121 Å². The maximum atomic E-state index is 6.64. The lowest BCUT2D eigenvalue weighted by Crippen LogP contribution is -1.96. The van der Waals surface area contributed by atoms with Gasteiger partial charge in [0, 0.05) is 60.7 Å². The molecule has 0 saturated carbocycles. The van der Waals surface area contributed by atoms with E-state index in [2.05, 4.69) is 173 Å². The van der Waals surface area contributed by atoms with E-state index in [1.807, 2.05) is 24.3 Å². The van der Waals surface area contributed by atoms with E-state index in [0.29, 0.717) is 0 Å². The summed E-state index contributed by atoms with van der Waals surface area (Å²) in [4.78, 5) is 5.33. The predicted molar refractivity (Wildman–Crippen MR) is 238 cm³/mol. The van der Waals surface area contributed by atoms with Crippen molar-refractivity contribution in [1.29, 1.82) is 0 Å². The first-order chi connectivity index (χ1) is 28.8. The Kier molecular flexibility index (Phi) is 6.38. The van der Waals surface area contributed by atoms with Crippen molar-refractivity contribution in [3.63, 3.8) is 0 Å². The molecule has 0 spiro atoms. The van der Waals surface area contributed by atoms with E-state index in [-0.39, 0.29) is 0 Å². The van der Waals surface area contributed by atoms with Gasteiger partial charge in [-0.25, -0.2) is 0 Å². The number of hydrogen-bond acceptors (Lipinski definition) is 3. The summed E-state index contributed by atoms with van der Waals surface area (Å²) in [7, 11) is 0. The van der Waals surface area contributed by atoms with Gasteiger partial charge < -0.3 is 18.0 Å². The number of para-hydroxylation sites is 5. The standard InChI is InChI=1S/C53H31N3O2/c1-2-13-32(14-3-1)35-26-27-44-51(39-17-4-8-20-42(39)55(44)34-25-28-49-41(30-34)37-16-7-10-23-47(37)57-49)50(35)33-29-46-52(54-31-33)40-18-5-9-21-43(40)56(46)45-22-12-19-38-36-15-6-11-24-48(36)58-53(38)45/h1-31H. The molecule has 0 saturated heterocycles. The first-order valence-corrected chi connectivity index (χ1v) is 19.6. The van der Waals surface area contributed by atoms with Crippen molar-refractivity contribution in [2.75, 3.05) is 0 Å². The van der Waals surface area contributed by atoms with Gasteiger partial charge in [0.25, 0.3) is 0 Å². The van der Waals surface area contributed by atoms with Gasteiger partial charge in [-0.05, 0) is 71.8 Å². The highest BCUT2D eigenvalue weighted by Gasteiger charge is 2.23. The van der Waals surface area contributed by atoms with Crippen LogP contribution >= 0.6 is 0 Å². The second-order valence-corrected chi connectivity index (χ2v) is 15.1. The van der Waals surface area contributed by atoms with Crippen LogP contribution < -0.4 is 0 Å². The Labute approximate surface area is 331 Å². The number of rotatable bonds is 4. The third kappa shape index (κ3) is 4.33. The number of fused-ring (bicyclic) bond motifs is 12. The lowest BCUT2D eigenvalue weighted by atomic mass is 9.91. The summed E-state index contributed by atoms with van der Waals surface area (Å²) in [5, 5.41) is 7.86. The molecule has 0 unspecified atom stereocenters. The van der Waals surface area contributed by atoms with Gasteiger partial charge in [0.1, 0.15) is 16.7 Å². The average molecular weight is 742 g/mol. The molecule has 5 aromatic heterocycles. The minimum atomic E-state index is 0.856. The van der Waals surface area contributed by atoms with Crippen LogP contribution in [0.15, 0.2) is 197 Å². The van der Waals surface area contributed by atoms with Crippen molar-refractivity contribution >= 4 is 87.6 Å². The van der Waals surface area contributed by atoms with Gasteiger partial charge in [0.05, 0.1) is 33.3 Å². The maximum absolute atomic E-state index is 6.64. The molecular weight excluding hydrogens is 711 g/mol. The molecule has 0 fully saturated rings.